The number of para-hydroxylation sites is 1. The van der Waals surface area contributed by atoms with Crippen LogP contribution in [-0.4, -0.2) is 23.2 Å². The number of rotatable bonds is 6. The molecule has 1 aliphatic heterocycles. The van der Waals surface area contributed by atoms with Gasteiger partial charge < -0.3 is 10.6 Å². The molecule has 1 heterocycles. The van der Waals surface area contributed by atoms with E-state index in [-0.39, 0.29) is 23.2 Å². The van der Waals surface area contributed by atoms with E-state index in [2.05, 4.69) is 34.9 Å². The summed E-state index contributed by atoms with van der Waals surface area (Å²) >= 11 is 3.23. The third-order valence-electron chi connectivity index (χ3n) is 7.66. The summed E-state index contributed by atoms with van der Waals surface area (Å²) in [6, 6.07) is 39.3. The van der Waals surface area contributed by atoms with Gasteiger partial charge in [-0.05, 0) is 58.8 Å². The van der Waals surface area contributed by atoms with Crippen LogP contribution in [0.1, 0.15) is 10.8 Å². The van der Waals surface area contributed by atoms with Crippen LogP contribution in [0.25, 0.3) is 10.8 Å². The highest BCUT2D eigenvalue weighted by Crippen LogP contribution is 2.44. The molecular weight excluding hydrogens is 583 g/mol. The maximum absolute atomic E-state index is 13.8. The van der Waals surface area contributed by atoms with E-state index < -0.39 is 5.25 Å². The fourth-order valence-corrected chi connectivity index (χ4v) is 7.91. The van der Waals surface area contributed by atoms with Gasteiger partial charge in [0.15, 0.2) is 0 Å². The van der Waals surface area contributed by atoms with Crippen LogP contribution >= 0.6 is 23.5 Å². The van der Waals surface area contributed by atoms with Crippen molar-refractivity contribution < 1.29 is 9.59 Å². The summed E-state index contributed by atoms with van der Waals surface area (Å²) in [6.45, 7) is 0. The number of urea groups is 1. The Balaban J connectivity index is 1.12. The molecule has 0 fully saturated rings. The number of hydrogen-bond acceptors (Lipinski definition) is 4. The lowest BCUT2D eigenvalue weighted by atomic mass is 10.1. The predicted octanol–water partition coefficient (Wildman–Crippen LogP) is 9.32. The zero-order valence-corrected chi connectivity index (χ0v) is 25.3. The molecule has 0 spiro atoms. The maximum atomic E-state index is 13.8. The lowest BCUT2D eigenvalue weighted by molar-refractivity contribution is -0.115. The Hall–Kier alpha value is -4.72. The van der Waals surface area contributed by atoms with Crippen molar-refractivity contribution in [3.63, 3.8) is 0 Å². The number of thioether (sulfide) groups is 2. The van der Waals surface area contributed by atoms with Crippen molar-refractivity contribution in [1.82, 2.24) is 0 Å². The van der Waals surface area contributed by atoms with Gasteiger partial charge in [-0.2, -0.15) is 0 Å². The van der Waals surface area contributed by atoms with E-state index in [0.29, 0.717) is 5.69 Å². The van der Waals surface area contributed by atoms with E-state index in [9.17, 15) is 9.59 Å². The third-order valence-corrected chi connectivity index (χ3v) is 10.2. The van der Waals surface area contributed by atoms with Crippen molar-refractivity contribution in [2.24, 2.45) is 0 Å². The van der Waals surface area contributed by atoms with E-state index in [4.69, 9.17) is 0 Å². The molecule has 0 radical (unpaired) electrons. The Labute approximate surface area is 265 Å². The molecule has 2 aliphatic rings. The average molecular weight is 612 g/mol. The minimum atomic E-state index is -0.500. The Kier molecular flexibility index (Phi) is 7.97. The summed E-state index contributed by atoms with van der Waals surface area (Å²) in [6.07, 6.45) is 8.27. The summed E-state index contributed by atoms with van der Waals surface area (Å²) < 4.78 is 0. The Morgan fingerprint density at radius 2 is 1.45 bits per heavy atom. The molecule has 3 amide bonds. The molecule has 7 rings (SSSR count). The molecule has 0 saturated carbocycles. The first-order valence-corrected chi connectivity index (χ1v) is 16.2. The number of fused-ring (bicyclic) bond motifs is 3. The maximum Gasteiger partial charge on any atom is 0.326 e. The quantitative estimate of drug-likeness (QED) is 0.188. The molecule has 44 heavy (non-hydrogen) atoms. The number of allylic oxidation sites excluding steroid dienone is 2. The van der Waals surface area contributed by atoms with E-state index in [1.165, 1.54) is 11.8 Å². The van der Waals surface area contributed by atoms with E-state index >= 15 is 0 Å². The molecule has 5 aromatic rings. The predicted molar refractivity (Wildman–Crippen MR) is 184 cm³/mol. The van der Waals surface area contributed by atoms with Crippen LogP contribution in [0.3, 0.4) is 0 Å². The highest BCUT2D eigenvalue weighted by molar-refractivity contribution is 8.00. The minimum Gasteiger partial charge on any atom is -0.325 e. The normalized spacial score (nSPS) is 17.4. The summed E-state index contributed by atoms with van der Waals surface area (Å²) in [7, 11) is 0. The van der Waals surface area contributed by atoms with Gasteiger partial charge in [-0.3, -0.25) is 9.69 Å². The molecule has 7 heteroatoms. The first-order valence-electron chi connectivity index (χ1n) is 14.4. The molecule has 0 bridgehead atoms. The van der Waals surface area contributed by atoms with Gasteiger partial charge in [-0.15, -0.1) is 23.5 Å². The summed E-state index contributed by atoms with van der Waals surface area (Å²) in [5, 5.41) is 8.10. The van der Waals surface area contributed by atoms with Crippen LogP contribution in [-0.2, 0) is 4.79 Å². The minimum absolute atomic E-state index is 0.0845. The van der Waals surface area contributed by atoms with Crippen molar-refractivity contribution >= 4 is 63.3 Å². The molecule has 5 nitrogen and oxygen atoms in total. The second-order valence-corrected chi connectivity index (χ2v) is 13.0. The number of anilines is 3. The standard InChI is InChI=1S/C37H29N3O2S2/c41-36(38-29-22-21-25-11-4-5-14-27(25)23-29)35(26-12-2-1-3-13-26)43-30-16-10-15-28(24-30)39-37(42)40-31-17-6-8-19-33(31)44-34-20-9-7-18-32(34)40/h1-24,31,33,35H,(H,38,41)(H,39,42). The molecule has 1 aliphatic carbocycles. The van der Waals surface area contributed by atoms with Crippen molar-refractivity contribution in [1.29, 1.82) is 0 Å². The zero-order valence-electron chi connectivity index (χ0n) is 23.7. The average Bonchev–Trinajstić information content (AvgIpc) is 3.06. The van der Waals surface area contributed by atoms with E-state index in [1.54, 1.807) is 11.8 Å². The number of hydrogen-bond donors (Lipinski definition) is 2. The fourth-order valence-electron chi connectivity index (χ4n) is 5.57. The summed E-state index contributed by atoms with van der Waals surface area (Å²) in [5.74, 6) is -0.114. The second-order valence-electron chi connectivity index (χ2n) is 10.6. The highest BCUT2D eigenvalue weighted by Gasteiger charge is 2.36. The molecule has 216 valence electrons. The number of carbonyl (C=O) groups excluding carboxylic acids is 2. The smallest absolute Gasteiger partial charge is 0.325 e. The van der Waals surface area contributed by atoms with Crippen molar-refractivity contribution in [3.8, 4) is 0 Å². The number of nitrogens with zero attached hydrogens (tertiary/aromatic N) is 1. The second kappa shape index (κ2) is 12.5. The van der Waals surface area contributed by atoms with E-state index in [0.717, 1.165) is 37.5 Å². The molecular formula is C37H29N3O2S2. The number of amides is 3. The van der Waals surface area contributed by atoms with Crippen LogP contribution in [0.5, 0.6) is 0 Å². The first-order chi connectivity index (χ1) is 21.6. The van der Waals surface area contributed by atoms with E-state index in [1.807, 2.05) is 126 Å². The monoisotopic (exact) mass is 611 g/mol. The van der Waals surface area contributed by atoms with Gasteiger partial charge in [-0.1, -0.05) is 103 Å². The summed E-state index contributed by atoms with van der Waals surface area (Å²) in [5.41, 5.74) is 3.22. The van der Waals surface area contributed by atoms with Gasteiger partial charge in [0.05, 0.1) is 17.0 Å². The van der Waals surface area contributed by atoms with Crippen molar-refractivity contribution in [2.75, 3.05) is 15.5 Å². The fraction of sp³-hybridized carbons (Fsp3) is 0.0811. The molecule has 2 N–H and O–H groups in total. The topological polar surface area (TPSA) is 61.4 Å². The molecule has 0 saturated heterocycles. The van der Waals surface area contributed by atoms with Gasteiger partial charge in [0.2, 0.25) is 5.91 Å². The Morgan fingerprint density at radius 3 is 2.34 bits per heavy atom. The molecule has 3 atom stereocenters. The van der Waals surface area contributed by atoms with Gasteiger partial charge in [-0.25, -0.2) is 4.79 Å². The molecule has 0 aromatic heterocycles. The van der Waals surface area contributed by atoms with Crippen LogP contribution < -0.4 is 15.5 Å². The van der Waals surface area contributed by atoms with Crippen LogP contribution in [0.4, 0.5) is 21.9 Å². The van der Waals surface area contributed by atoms with Crippen LogP contribution in [0.2, 0.25) is 0 Å². The largest absolute Gasteiger partial charge is 0.326 e. The number of nitrogens with one attached hydrogen (secondary N) is 2. The van der Waals surface area contributed by atoms with Crippen LogP contribution in [0, 0.1) is 0 Å². The molecule has 5 aromatic carbocycles. The van der Waals surface area contributed by atoms with Gasteiger partial charge in [0.25, 0.3) is 0 Å². The van der Waals surface area contributed by atoms with Gasteiger partial charge in [0.1, 0.15) is 5.25 Å². The van der Waals surface area contributed by atoms with Crippen molar-refractivity contribution in [2.45, 2.75) is 26.3 Å². The SMILES string of the molecule is O=C(Nc1ccc2ccccc2c1)C(Sc1cccc(NC(=O)N2c3ccccc3SC3C=CC=CC32)c1)c1ccccc1. The third kappa shape index (κ3) is 5.89. The molecule has 3 unspecified atom stereocenters. The van der Waals surface area contributed by atoms with Gasteiger partial charge >= 0.3 is 6.03 Å². The number of benzene rings is 5. The van der Waals surface area contributed by atoms with Crippen molar-refractivity contribution in [3.05, 3.63) is 151 Å². The first kappa shape index (κ1) is 28.1. The zero-order chi connectivity index (χ0) is 29.9. The summed E-state index contributed by atoms with van der Waals surface area (Å²) in [4.78, 5) is 31.4. The highest BCUT2D eigenvalue weighted by atomic mass is 32.2. The Bertz CT molecular complexity index is 1910. The Morgan fingerprint density at radius 1 is 0.705 bits per heavy atom. The van der Waals surface area contributed by atoms with Crippen LogP contribution in [0.15, 0.2) is 155 Å². The number of carbonyl (C=O) groups is 2. The lowest BCUT2D eigenvalue weighted by Gasteiger charge is -2.40. The lowest BCUT2D eigenvalue weighted by Crippen LogP contribution is -2.49. The van der Waals surface area contributed by atoms with Gasteiger partial charge in [0, 0.05) is 21.2 Å².